The van der Waals surface area contributed by atoms with Crippen LogP contribution in [0.3, 0.4) is 0 Å². The normalized spacial score (nSPS) is 16.9. The lowest BCUT2D eigenvalue weighted by atomic mass is 10.1. The van der Waals surface area contributed by atoms with E-state index in [1.54, 1.807) is 18.2 Å². The molecule has 0 aromatic heterocycles. The molecule has 1 aliphatic heterocycles. The fraction of sp³-hybridized carbons (Fsp3) is 0.333. The molecule has 1 heterocycles. The summed E-state index contributed by atoms with van der Waals surface area (Å²) < 4.78 is 20.5. The second-order valence-corrected chi connectivity index (χ2v) is 4.81. The predicted octanol–water partition coefficient (Wildman–Crippen LogP) is 1.92. The second kappa shape index (κ2) is 5.47. The van der Waals surface area contributed by atoms with Crippen molar-refractivity contribution in [2.24, 2.45) is 0 Å². The first-order valence-electron chi connectivity index (χ1n) is 6.27. The molecule has 0 unspecified atom stereocenters. The van der Waals surface area contributed by atoms with Crippen molar-refractivity contribution >= 4 is 18.0 Å². The molecule has 0 spiro atoms. The minimum absolute atomic E-state index is 0.211. The van der Waals surface area contributed by atoms with E-state index in [4.69, 9.17) is 18.9 Å². The Morgan fingerprint density at radius 2 is 1.48 bits per heavy atom. The smallest absolute Gasteiger partial charge is 0.348 e. The molecule has 21 heavy (non-hydrogen) atoms. The van der Waals surface area contributed by atoms with Crippen molar-refractivity contribution in [3.05, 3.63) is 29.3 Å². The molecule has 112 valence electrons. The number of methoxy groups -OCH3 is 2. The first-order chi connectivity index (χ1) is 9.88. The van der Waals surface area contributed by atoms with Crippen LogP contribution in [0, 0.1) is 0 Å². The van der Waals surface area contributed by atoms with Crippen LogP contribution in [0.5, 0.6) is 11.5 Å². The zero-order chi connectivity index (χ0) is 15.6. The maximum absolute atomic E-state index is 12.0. The maximum atomic E-state index is 12.0. The van der Waals surface area contributed by atoms with Crippen LogP contribution in [-0.2, 0) is 19.1 Å². The SMILES string of the molecule is COc1cccc(OC)c1C=C1C(=O)OC(C)(C)OC1=O. The topological polar surface area (TPSA) is 71.1 Å². The Hall–Kier alpha value is -2.50. The average molecular weight is 292 g/mol. The van der Waals surface area contributed by atoms with E-state index in [2.05, 4.69) is 0 Å². The van der Waals surface area contributed by atoms with Gasteiger partial charge in [-0.2, -0.15) is 0 Å². The van der Waals surface area contributed by atoms with E-state index in [1.807, 2.05) is 0 Å². The summed E-state index contributed by atoms with van der Waals surface area (Å²) in [5.41, 5.74) is 0.253. The summed E-state index contributed by atoms with van der Waals surface area (Å²) in [5.74, 6) is -1.83. The van der Waals surface area contributed by atoms with Crippen LogP contribution in [0.15, 0.2) is 23.8 Å². The highest BCUT2D eigenvalue weighted by Gasteiger charge is 2.39. The van der Waals surface area contributed by atoms with Crippen LogP contribution >= 0.6 is 0 Å². The standard InChI is InChI=1S/C15H16O6/c1-15(2)20-13(16)10(14(17)21-15)8-9-11(18-3)6-5-7-12(9)19-4/h5-8H,1-4H3. The van der Waals surface area contributed by atoms with E-state index in [0.29, 0.717) is 17.1 Å². The molecule has 0 atom stereocenters. The number of benzene rings is 1. The van der Waals surface area contributed by atoms with Gasteiger partial charge in [0.05, 0.1) is 19.8 Å². The molecule has 1 fully saturated rings. The Labute approximate surface area is 122 Å². The van der Waals surface area contributed by atoms with Gasteiger partial charge in [0.15, 0.2) is 0 Å². The first-order valence-corrected chi connectivity index (χ1v) is 6.27. The van der Waals surface area contributed by atoms with E-state index in [1.165, 1.54) is 34.1 Å². The van der Waals surface area contributed by atoms with Crippen molar-refractivity contribution in [3.63, 3.8) is 0 Å². The summed E-state index contributed by atoms with van der Waals surface area (Å²) in [6, 6.07) is 5.12. The summed E-state index contributed by atoms with van der Waals surface area (Å²) in [4.78, 5) is 23.9. The van der Waals surface area contributed by atoms with Gasteiger partial charge in [0, 0.05) is 13.8 Å². The van der Waals surface area contributed by atoms with Crippen LogP contribution in [0.4, 0.5) is 0 Å². The van der Waals surface area contributed by atoms with Gasteiger partial charge in [0.1, 0.15) is 17.1 Å². The molecule has 1 saturated heterocycles. The summed E-state index contributed by atoms with van der Waals surface area (Å²) in [7, 11) is 2.97. The van der Waals surface area contributed by atoms with Crippen molar-refractivity contribution in [2.75, 3.05) is 14.2 Å². The summed E-state index contributed by atoms with van der Waals surface area (Å²) >= 11 is 0. The molecule has 1 aromatic rings. The fourth-order valence-corrected chi connectivity index (χ4v) is 1.94. The minimum atomic E-state index is -1.27. The third-order valence-corrected chi connectivity index (χ3v) is 2.87. The van der Waals surface area contributed by atoms with Crippen LogP contribution in [0.25, 0.3) is 6.08 Å². The van der Waals surface area contributed by atoms with Crippen molar-refractivity contribution in [3.8, 4) is 11.5 Å². The van der Waals surface area contributed by atoms with Crippen molar-refractivity contribution < 1.29 is 28.5 Å². The lowest BCUT2D eigenvalue weighted by molar-refractivity contribution is -0.222. The highest BCUT2D eigenvalue weighted by atomic mass is 16.7. The van der Waals surface area contributed by atoms with Crippen LogP contribution < -0.4 is 9.47 Å². The molecule has 6 nitrogen and oxygen atoms in total. The fourth-order valence-electron chi connectivity index (χ4n) is 1.94. The molecule has 0 bridgehead atoms. The van der Waals surface area contributed by atoms with Crippen LogP contribution in [-0.4, -0.2) is 31.9 Å². The Balaban J connectivity index is 2.49. The first kappa shape index (κ1) is 14.9. The molecule has 6 heteroatoms. The molecule has 0 saturated carbocycles. The average Bonchev–Trinajstić information content (AvgIpc) is 2.41. The molecule has 0 amide bonds. The van der Waals surface area contributed by atoms with Crippen molar-refractivity contribution in [1.29, 1.82) is 0 Å². The summed E-state index contributed by atoms with van der Waals surface area (Å²) in [5, 5.41) is 0. The number of cyclic esters (lactones) is 2. The largest absolute Gasteiger partial charge is 0.496 e. The number of esters is 2. The molecule has 0 N–H and O–H groups in total. The molecule has 2 rings (SSSR count). The second-order valence-electron chi connectivity index (χ2n) is 4.81. The van der Waals surface area contributed by atoms with Gasteiger partial charge in [-0.3, -0.25) is 0 Å². The highest BCUT2D eigenvalue weighted by molar-refractivity contribution is 6.19. The van der Waals surface area contributed by atoms with E-state index in [9.17, 15) is 9.59 Å². The monoisotopic (exact) mass is 292 g/mol. The Morgan fingerprint density at radius 3 is 1.90 bits per heavy atom. The van der Waals surface area contributed by atoms with Gasteiger partial charge >= 0.3 is 11.9 Å². The van der Waals surface area contributed by atoms with Crippen molar-refractivity contribution in [2.45, 2.75) is 19.6 Å². The zero-order valence-electron chi connectivity index (χ0n) is 12.3. The van der Waals surface area contributed by atoms with E-state index in [-0.39, 0.29) is 5.57 Å². The zero-order valence-corrected chi connectivity index (χ0v) is 12.3. The summed E-state index contributed by atoms with van der Waals surface area (Å²) in [6.07, 6.45) is 1.34. The number of hydrogen-bond acceptors (Lipinski definition) is 6. The van der Waals surface area contributed by atoms with Gasteiger partial charge in [-0.05, 0) is 18.2 Å². The lowest BCUT2D eigenvalue weighted by Gasteiger charge is -2.29. The molecule has 1 aromatic carbocycles. The number of ether oxygens (including phenoxy) is 4. The molecular weight excluding hydrogens is 276 g/mol. The van der Waals surface area contributed by atoms with Gasteiger partial charge in [-0.25, -0.2) is 9.59 Å². The van der Waals surface area contributed by atoms with Crippen LogP contribution in [0.2, 0.25) is 0 Å². The number of carbonyl (C=O) groups excluding carboxylic acids is 2. The Kier molecular flexibility index (Phi) is 3.88. The third-order valence-electron chi connectivity index (χ3n) is 2.87. The molecule has 0 radical (unpaired) electrons. The van der Waals surface area contributed by atoms with Gasteiger partial charge in [0.25, 0.3) is 5.79 Å². The molecule has 1 aliphatic rings. The van der Waals surface area contributed by atoms with E-state index in [0.717, 1.165) is 0 Å². The lowest BCUT2D eigenvalue weighted by Crippen LogP contribution is -2.41. The van der Waals surface area contributed by atoms with Gasteiger partial charge < -0.3 is 18.9 Å². The van der Waals surface area contributed by atoms with E-state index >= 15 is 0 Å². The van der Waals surface area contributed by atoms with Crippen LogP contribution in [0.1, 0.15) is 19.4 Å². The predicted molar refractivity (Wildman–Crippen MR) is 73.8 cm³/mol. The van der Waals surface area contributed by atoms with Crippen molar-refractivity contribution in [1.82, 2.24) is 0 Å². The minimum Gasteiger partial charge on any atom is -0.496 e. The number of hydrogen-bond donors (Lipinski definition) is 0. The highest BCUT2D eigenvalue weighted by Crippen LogP contribution is 2.32. The summed E-state index contributed by atoms with van der Waals surface area (Å²) in [6.45, 7) is 2.98. The number of rotatable bonds is 3. The van der Waals surface area contributed by atoms with E-state index < -0.39 is 17.7 Å². The van der Waals surface area contributed by atoms with Gasteiger partial charge in [0.2, 0.25) is 0 Å². The van der Waals surface area contributed by atoms with Gasteiger partial charge in [-0.1, -0.05) is 6.07 Å². The Morgan fingerprint density at radius 1 is 1.00 bits per heavy atom. The third kappa shape index (κ3) is 2.99. The maximum Gasteiger partial charge on any atom is 0.348 e. The molecule has 0 aliphatic carbocycles. The number of carbonyl (C=O) groups is 2. The quantitative estimate of drug-likeness (QED) is 0.481. The van der Waals surface area contributed by atoms with Gasteiger partial charge in [-0.15, -0.1) is 0 Å². The molecular formula is C15H16O6. The Bertz CT molecular complexity index is 570.